The molecule has 2 heterocycles. The Balaban J connectivity index is 0.00000208. The average Bonchev–Trinajstić information content (AvgIpc) is 3.18. The quantitative estimate of drug-likeness (QED) is 0.453. The summed E-state index contributed by atoms with van der Waals surface area (Å²) in [6.07, 6.45) is 4.45. The van der Waals surface area contributed by atoms with Crippen LogP contribution in [0.5, 0.6) is 0 Å². The molecule has 3 rings (SSSR count). The molecule has 1 fully saturated rings. The summed E-state index contributed by atoms with van der Waals surface area (Å²) in [6.45, 7) is 7.50. The summed E-state index contributed by atoms with van der Waals surface area (Å²) in [4.78, 5) is 10.7. The van der Waals surface area contributed by atoms with Crippen LogP contribution in [0.3, 0.4) is 0 Å². The zero-order chi connectivity index (χ0) is 16.3. The number of guanidine groups is 1. The zero-order valence-electron chi connectivity index (χ0n) is 14.4. The van der Waals surface area contributed by atoms with Crippen molar-refractivity contribution < 1.29 is 0 Å². The molecule has 1 N–H and O–H groups in total. The van der Waals surface area contributed by atoms with Crippen LogP contribution in [-0.2, 0) is 6.54 Å². The van der Waals surface area contributed by atoms with Gasteiger partial charge in [0, 0.05) is 26.7 Å². The number of rotatable bonds is 3. The maximum atomic E-state index is 4.42. The second kappa shape index (κ2) is 7.96. The molecule has 1 saturated heterocycles. The first kappa shape index (κ1) is 18.7. The van der Waals surface area contributed by atoms with E-state index in [1.807, 2.05) is 19.2 Å². The van der Waals surface area contributed by atoms with E-state index in [-0.39, 0.29) is 24.0 Å². The maximum absolute atomic E-state index is 4.42. The van der Waals surface area contributed by atoms with Crippen LogP contribution in [0.25, 0.3) is 5.69 Å². The van der Waals surface area contributed by atoms with Gasteiger partial charge in [0.05, 0.1) is 5.69 Å². The van der Waals surface area contributed by atoms with Crippen molar-refractivity contribution in [3.8, 4) is 5.69 Å². The van der Waals surface area contributed by atoms with Gasteiger partial charge in [-0.2, -0.15) is 5.10 Å². The van der Waals surface area contributed by atoms with Gasteiger partial charge in [0.2, 0.25) is 0 Å². The van der Waals surface area contributed by atoms with Crippen molar-refractivity contribution >= 4 is 29.9 Å². The third kappa shape index (κ3) is 4.46. The average molecular weight is 440 g/mol. The molecule has 1 aromatic carbocycles. The fourth-order valence-electron chi connectivity index (χ4n) is 2.91. The second-order valence-corrected chi connectivity index (χ2v) is 6.74. The third-order valence-electron chi connectivity index (χ3n) is 4.26. The largest absolute Gasteiger partial charge is 0.352 e. The van der Waals surface area contributed by atoms with Crippen LogP contribution >= 0.6 is 24.0 Å². The molecule has 7 heteroatoms. The maximum Gasteiger partial charge on any atom is 0.193 e. The van der Waals surface area contributed by atoms with Crippen LogP contribution in [0, 0.1) is 5.41 Å². The first-order chi connectivity index (χ1) is 11.1. The Hall–Kier alpha value is -1.64. The lowest BCUT2D eigenvalue weighted by Crippen LogP contribution is -2.40. The molecule has 0 aliphatic carbocycles. The summed E-state index contributed by atoms with van der Waals surface area (Å²) in [5.74, 6) is 0.982. The highest BCUT2D eigenvalue weighted by molar-refractivity contribution is 14.0. The topological polar surface area (TPSA) is 58.3 Å². The molecule has 2 aromatic rings. The lowest BCUT2D eigenvalue weighted by Gasteiger charge is -2.23. The Kier molecular flexibility index (Phi) is 6.20. The van der Waals surface area contributed by atoms with Gasteiger partial charge in [-0.05, 0) is 29.5 Å². The number of likely N-dealkylation sites (tertiary alicyclic amines) is 1. The standard InChI is InChI=1S/C17H24N6.HI/c1-17(2)8-9-22(11-17)16(18-3)20-10-14-4-6-15(7-5-14)23-13-19-12-21-23;/h4-7,12-13H,8-11H2,1-3H3,(H,18,20);1H. The van der Waals surface area contributed by atoms with E-state index in [2.05, 4.69) is 51.3 Å². The minimum atomic E-state index is 0. The van der Waals surface area contributed by atoms with E-state index < -0.39 is 0 Å². The fourth-order valence-corrected chi connectivity index (χ4v) is 2.91. The summed E-state index contributed by atoms with van der Waals surface area (Å²) in [5, 5.41) is 7.59. The van der Waals surface area contributed by atoms with Gasteiger partial charge >= 0.3 is 0 Å². The highest BCUT2D eigenvalue weighted by atomic mass is 127. The summed E-state index contributed by atoms with van der Waals surface area (Å²) in [5.41, 5.74) is 2.60. The normalized spacial score (nSPS) is 16.8. The summed E-state index contributed by atoms with van der Waals surface area (Å²) in [7, 11) is 1.85. The summed E-state index contributed by atoms with van der Waals surface area (Å²) in [6, 6.07) is 8.30. The molecule has 0 atom stereocenters. The SMILES string of the molecule is CN=C(NCc1ccc(-n2cncn2)cc1)N1CCC(C)(C)C1.I. The van der Waals surface area contributed by atoms with Crippen LogP contribution in [0.2, 0.25) is 0 Å². The van der Waals surface area contributed by atoms with Gasteiger partial charge in [0.1, 0.15) is 12.7 Å². The molecule has 24 heavy (non-hydrogen) atoms. The molecule has 6 nitrogen and oxygen atoms in total. The van der Waals surface area contributed by atoms with E-state index in [0.29, 0.717) is 5.41 Å². The molecule has 0 radical (unpaired) electrons. The second-order valence-electron chi connectivity index (χ2n) is 6.74. The van der Waals surface area contributed by atoms with Crippen LogP contribution in [0.1, 0.15) is 25.8 Å². The van der Waals surface area contributed by atoms with Gasteiger partial charge in [0.25, 0.3) is 0 Å². The Morgan fingerprint density at radius 1 is 1.29 bits per heavy atom. The van der Waals surface area contributed by atoms with Gasteiger partial charge < -0.3 is 10.2 Å². The lowest BCUT2D eigenvalue weighted by molar-refractivity contribution is 0.370. The fraction of sp³-hybridized carbons (Fsp3) is 0.471. The van der Waals surface area contributed by atoms with E-state index >= 15 is 0 Å². The van der Waals surface area contributed by atoms with Gasteiger partial charge in [-0.1, -0.05) is 26.0 Å². The minimum absolute atomic E-state index is 0. The Morgan fingerprint density at radius 2 is 2.04 bits per heavy atom. The van der Waals surface area contributed by atoms with Crippen molar-refractivity contribution in [1.29, 1.82) is 0 Å². The summed E-state index contributed by atoms with van der Waals surface area (Å²) >= 11 is 0. The Morgan fingerprint density at radius 3 is 2.58 bits per heavy atom. The monoisotopic (exact) mass is 440 g/mol. The molecule has 1 aromatic heterocycles. The van der Waals surface area contributed by atoms with E-state index in [4.69, 9.17) is 0 Å². The third-order valence-corrected chi connectivity index (χ3v) is 4.26. The summed E-state index contributed by atoms with van der Waals surface area (Å²) < 4.78 is 1.75. The van der Waals surface area contributed by atoms with Crippen molar-refractivity contribution in [3.63, 3.8) is 0 Å². The molecule has 0 bridgehead atoms. The van der Waals surface area contributed by atoms with E-state index in [9.17, 15) is 0 Å². The molecule has 1 aliphatic rings. The molecule has 0 amide bonds. The number of nitrogens with zero attached hydrogens (tertiary/aromatic N) is 5. The van der Waals surface area contributed by atoms with Gasteiger partial charge in [-0.15, -0.1) is 24.0 Å². The number of aromatic nitrogens is 3. The molecular weight excluding hydrogens is 415 g/mol. The van der Waals surface area contributed by atoms with Crippen LogP contribution in [0.4, 0.5) is 0 Å². The lowest BCUT2D eigenvalue weighted by atomic mass is 9.93. The molecule has 130 valence electrons. The molecule has 0 unspecified atom stereocenters. The number of halogens is 1. The van der Waals surface area contributed by atoms with E-state index in [1.165, 1.54) is 18.3 Å². The molecular formula is C17H25IN6. The number of aliphatic imine (C=N–C) groups is 1. The first-order valence-electron chi connectivity index (χ1n) is 7.97. The van der Waals surface area contributed by atoms with Gasteiger partial charge in [-0.25, -0.2) is 9.67 Å². The van der Waals surface area contributed by atoms with Crippen molar-refractivity contribution in [2.24, 2.45) is 10.4 Å². The van der Waals surface area contributed by atoms with Crippen molar-refractivity contribution in [3.05, 3.63) is 42.5 Å². The van der Waals surface area contributed by atoms with Crippen molar-refractivity contribution in [1.82, 2.24) is 25.0 Å². The number of hydrogen-bond donors (Lipinski definition) is 1. The van der Waals surface area contributed by atoms with Gasteiger partial charge in [-0.3, -0.25) is 4.99 Å². The molecule has 1 aliphatic heterocycles. The molecule has 0 spiro atoms. The van der Waals surface area contributed by atoms with Crippen LogP contribution < -0.4 is 5.32 Å². The highest BCUT2D eigenvalue weighted by Gasteiger charge is 2.30. The minimum Gasteiger partial charge on any atom is -0.352 e. The van der Waals surface area contributed by atoms with E-state index in [0.717, 1.165) is 31.3 Å². The Bertz CT molecular complexity index is 663. The van der Waals surface area contributed by atoms with Crippen molar-refractivity contribution in [2.45, 2.75) is 26.8 Å². The highest BCUT2D eigenvalue weighted by Crippen LogP contribution is 2.28. The van der Waals surface area contributed by atoms with Crippen molar-refractivity contribution in [2.75, 3.05) is 20.1 Å². The zero-order valence-corrected chi connectivity index (χ0v) is 16.8. The van der Waals surface area contributed by atoms with Crippen LogP contribution in [0.15, 0.2) is 41.9 Å². The number of nitrogens with one attached hydrogen (secondary N) is 1. The predicted octanol–water partition coefficient (Wildman–Crippen LogP) is 2.69. The van der Waals surface area contributed by atoms with E-state index in [1.54, 1.807) is 11.0 Å². The number of hydrogen-bond acceptors (Lipinski definition) is 3. The van der Waals surface area contributed by atoms with Gasteiger partial charge in [0.15, 0.2) is 5.96 Å². The first-order valence-corrected chi connectivity index (χ1v) is 7.97. The molecule has 0 saturated carbocycles. The smallest absolute Gasteiger partial charge is 0.193 e. The Labute approximate surface area is 160 Å². The predicted molar refractivity (Wildman–Crippen MR) is 107 cm³/mol. The van der Waals surface area contributed by atoms with Crippen LogP contribution in [-0.4, -0.2) is 45.8 Å². The number of benzene rings is 1.